The molecule has 2 fully saturated rings. The number of nitrogens with one attached hydrogen (secondary N) is 1. The van der Waals surface area contributed by atoms with Crippen molar-refractivity contribution in [3.8, 4) is 5.88 Å². The molecule has 0 radical (unpaired) electrons. The van der Waals surface area contributed by atoms with Crippen molar-refractivity contribution in [1.29, 1.82) is 0 Å². The van der Waals surface area contributed by atoms with Gasteiger partial charge in [-0.3, -0.25) is 0 Å². The summed E-state index contributed by atoms with van der Waals surface area (Å²) in [7, 11) is 1.61. The number of anilines is 1. The lowest BCUT2D eigenvalue weighted by molar-refractivity contribution is -0.270. The number of aromatic nitrogens is 3. The highest BCUT2D eigenvalue weighted by Crippen LogP contribution is 2.47. The normalized spacial score (nSPS) is 25.3. The summed E-state index contributed by atoms with van der Waals surface area (Å²) in [6, 6.07) is -0.0397. The number of hydrogen-bond donors (Lipinski definition) is 2. The minimum absolute atomic E-state index is 0.0358. The molecule has 1 saturated heterocycles. The highest BCUT2D eigenvalue weighted by molar-refractivity contribution is 5.86. The van der Waals surface area contributed by atoms with E-state index < -0.39 is 11.8 Å². The summed E-state index contributed by atoms with van der Waals surface area (Å²) >= 11 is 0. The van der Waals surface area contributed by atoms with Crippen LogP contribution in [0.1, 0.15) is 56.9 Å². The molecular weight excluding hydrogens is 453 g/mol. The summed E-state index contributed by atoms with van der Waals surface area (Å²) in [6.07, 6.45) is -0.244. The van der Waals surface area contributed by atoms with Gasteiger partial charge in [-0.15, -0.1) is 0 Å². The van der Waals surface area contributed by atoms with Crippen LogP contribution in [0.3, 0.4) is 0 Å². The fourth-order valence-electron chi connectivity index (χ4n) is 4.63. The van der Waals surface area contributed by atoms with E-state index in [1.54, 1.807) is 19.5 Å². The molecule has 4 rings (SSSR count). The number of aliphatic hydroxyl groups is 1. The second-order valence-corrected chi connectivity index (χ2v) is 9.21. The zero-order valence-corrected chi connectivity index (χ0v) is 19.4. The number of alkyl halides is 3. The maximum absolute atomic E-state index is 13.3. The zero-order chi connectivity index (χ0) is 24.3. The maximum atomic E-state index is 13.3. The number of fused-ring (bicyclic) bond motifs is 1. The summed E-state index contributed by atoms with van der Waals surface area (Å²) in [5.41, 5.74) is -1.30. The van der Waals surface area contributed by atoms with E-state index in [2.05, 4.69) is 15.3 Å². The van der Waals surface area contributed by atoms with Crippen molar-refractivity contribution in [3.63, 3.8) is 0 Å². The van der Waals surface area contributed by atoms with Crippen LogP contribution < -0.4 is 10.1 Å². The highest BCUT2D eigenvalue weighted by atomic mass is 19.4. The summed E-state index contributed by atoms with van der Waals surface area (Å²) in [5.74, 6) is 0.586. The van der Waals surface area contributed by atoms with Crippen LogP contribution in [0.4, 0.5) is 19.1 Å². The molecule has 188 valence electrons. The lowest BCUT2D eigenvalue weighted by atomic mass is 9.75. The number of nitrogens with zero attached hydrogens (tertiary/aromatic N) is 3. The molecule has 11 heteroatoms. The fourth-order valence-corrected chi connectivity index (χ4v) is 4.63. The molecule has 3 heterocycles. The Bertz CT molecular complexity index is 977. The fraction of sp³-hybridized carbons (Fsp3) is 0.696. The maximum Gasteiger partial charge on any atom is 0.417 e. The minimum Gasteiger partial charge on any atom is -0.474 e. The van der Waals surface area contributed by atoms with Crippen molar-refractivity contribution in [2.24, 2.45) is 0 Å². The molecule has 0 aromatic carbocycles. The van der Waals surface area contributed by atoms with Crippen molar-refractivity contribution < 1.29 is 32.5 Å². The third kappa shape index (κ3) is 5.36. The van der Waals surface area contributed by atoms with Gasteiger partial charge < -0.3 is 24.6 Å². The Morgan fingerprint density at radius 3 is 2.53 bits per heavy atom. The first-order valence-electron chi connectivity index (χ1n) is 11.6. The molecule has 1 aliphatic carbocycles. The molecule has 1 saturated carbocycles. The van der Waals surface area contributed by atoms with E-state index in [4.69, 9.17) is 19.2 Å². The van der Waals surface area contributed by atoms with Crippen LogP contribution in [-0.2, 0) is 9.47 Å². The lowest BCUT2D eigenvalue weighted by Gasteiger charge is -2.37. The second kappa shape index (κ2) is 10.2. The van der Waals surface area contributed by atoms with Gasteiger partial charge in [0.15, 0.2) is 5.60 Å². The Balaban J connectivity index is 1.65. The molecule has 2 aromatic rings. The predicted molar refractivity (Wildman–Crippen MR) is 119 cm³/mol. The molecule has 0 unspecified atom stereocenters. The first kappa shape index (κ1) is 24.9. The third-order valence-corrected chi connectivity index (χ3v) is 6.63. The standard InChI is InChI=1S/C23H31F3N4O4/c1-14(13-32-2)29-21-28-12-18-19(30-21)17(11-27-20(18)34-16-5-9-33-10-6-16)15-3-7-22(31,8-4-15)23(24,25)26/h11-12,14-16,31H,3-10,13H2,1-2H3,(H,28,29,30)/t14-,15?,22?/m0/s1. The van der Waals surface area contributed by atoms with Gasteiger partial charge in [-0.25, -0.2) is 15.0 Å². The molecule has 2 aromatic heterocycles. The van der Waals surface area contributed by atoms with Crippen LogP contribution in [0.25, 0.3) is 10.9 Å². The average molecular weight is 485 g/mol. The summed E-state index contributed by atoms with van der Waals surface area (Å²) < 4.78 is 56.6. The molecule has 0 spiro atoms. The van der Waals surface area contributed by atoms with Gasteiger partial charge >= 0.3 is 6.18 Å². The van der Waals surface area contributed by atoms with E-state index in [-0.39, 0.29) is 43.7 Å². The van der Waals surface area contributed by atoms with Gasteiger partial charge in [0.1, 0.15) is 6.10 Å². The number of hydrogen-bond acceptors (Lipinski definition) is 8. The van der Waals surface area contributed by atoms with Crippen molar-refractivity contribution in [2.75, 3.05) is 32.2 Å². The van der Waals surface area contributed by atoms with E-state index >= 15 is 0 Å². The number of pyridine rings is 1. The molecule has 0 bridgehead atoms. The highest BCUT2D eigenvalue weighted by Gasteiger charge is 2.54. The van der Waals surface area contributed by atoms with E-state index in [9.17, 15) is 18.3 Å². The van der Waals surface area contributed by atoms with Crippen molar-refractivity contribution in [2.45, 2.75) is 75.3 Å². The van der Waals surface area contributed by atoms with Crippen molar-refractivity contribution in [3.05, 3.63) is 18.0 Å². The molecule has 2 aliphatic rings. The first-order valence-corrected chi connectivity index (χ1v) is 11.6. The predicted octanol–water partition coefficient (Wildman–Crippen LogP) is 3.98. The van der Waals surface area contributed by atoms with Gasteiger partial charge in [0.05, 0.1) is 30.7 Å². The lowest BCUT2D eigenvalue weighted by Crippen LogP contribution is -2.47. The van der Waals surface area contributed by atoms with Gasteiger partial charge in [0, 0.05) is 44.0 Å². The number of methoxy groups -OCH3 is 1. The molecule has 1 atom stereocenters. The molecule has 34 heavy (non-hydrogen) atoms. The van der Waals surface area contributed by atoms with E-state index in [0.717, 1.165) is 18.4 Å². The molecule has 1 aliphatic heterocycles. The van der Waals surface area contributed by atoms with Crippen LogP contribution in [-0.4, -0.2) is 70.9 Å². The summed E-state index contributed by atoms with van der Waals surface area (Å²) in [6.45, 7) is 3.63. The topological polar surface area (TPSA) is 98.6 Å². The quantitative estimate of drug-likeness (QED) is 0.609. The largest absolute Gasteiger partial charge is 0.474 e. The van der Waals surface area contributed by atoms with Crippen LogP contribution >= 0.6 is 0 Å². The number of halogens is 3. The summed E-state index contributed by atoms with van der Waals surface area (Å²) in [4.78, 5) is 13.6. The van der Waals surface area contributed by atoms with Gasteiger partial charge in [0.25, 0.3) is 0 Å². The van der Waals surface area contributed by atoms with E-state index in [1.807, 2.05) is 6.92 Å². The number of rotatable bonds is 7. The molecule has 8 nitrogen and oxygen atoms in total. The van der Waals surface area contributed by atoms with Gasteiger partial charge in [-0.2, -0.15) is 13.2 Å². The van der Waals surface area contributed by atoms with Gasteiger partial charge in [-0.05, 0) is 38.5 Å². The van der Waals surface area contributed by atoms with Gasteiger partial charge in [-0.1, -0.05) is 0 Å². The molecule has 2 N–H and O–H groups in total. The van der Waals surface area contributed by atoms with Crippen LogP contribution in [0.5, 0.6) is 5.88 Å². The first-order chi connectivity index (χ1) is 16.2. The second-order valence-electron chi connectivity index (χ2n) is 9.21. The Hall–Kier alpha value is -2.24. The SMILES string of the molecule is COC[C@H](C)Nc1ncc2c(OC3CCOCC3)ncc(C3CCC(O)(C(F)(F)F)CC3)c2n1. The average Bonchev–Trinajstić information content (AvgIpc) is 2.80. The van der Waals surface area contributed by atoms with Gasteiger partial charge in [0.2, 0.25) is 11.8 Å². The Morgan fingerprint density at radius 2 is 1.88 bits per heavy atom. The third-order valence-electron chi connectivity index (χ3n) is 6.63. The zero-order valence-electron chi connectivity index (χ0n) is 19.4. The Labute approximate surface area is 196 Å². The van der Waals surface area contributed by atoms with Crippen LogP contribution in [0, 0.1) is 0 Å². The molecule has 0 amide bonds. The van der Waals surface area contributed by atoms with Crippen LogP contribution in [0.2, 0.25) is 0 Å². The van der Waals surface area contributed by atoms with Crippen LogP contribution in [0.15, 0.2) is 12.4 Å². The molecular formula is C23H31F3N4O4. The van der Waals surface area contributed by atoms with E-state index in [1.165, 1.54) is 0 Å². The minimum atomic E-state index is -4.64. The van der Waals surface area contributed by atoms with E-state index in [0.29, 0.717) is 42.6 Å². The summed E-state index contributed by atoms with van der Waals surface area (Å²) in [5, 5.41) is 13.9. The number of ether oxygens (including phenoxy) is 3. The van der Waals surface area contributed by atoms with Crippen molar-refractivity contribution >= 4 is 16.9 Å². The monoisotopic (exact) mass is 484 g/mol. The smallest absolute Gasteiger partial charge is 0.417 e. The Morgan fingerprint density at radius 1 is 1.18 bits per heavy atom. The Kier molecular flexibility index (Phi) is 7.44. The van der Waals surface area contributed by atoms with Crippen molar-refractivity contribution in [1.82, 2.24) is 15.0 Å².